The van der Waals surface area contributed by atoms with Gasteiger partial charge in [-0.3, -0.25) is 19.3 Å². The van der Waals surface area contributed by atoms with Crippen LogP contribution >= 0.6 is 11.5 Å². The zero-order valence-electron chi connectivity index (χ0n) is 13.7. The van der Waals surface area contributed by atoms with E-state index in [1.807, 2.05) is 12.2 Å². The van der Waals surface area contributed by atoms with Crippen molar-refractivity contribution < 1.29 is 14.4 Å². The summed E-state index contributed by atoms with van der Waals surface area (Å²) in [5.41, 5.74) is 0. The van der Waals surface area contributed by atoms with Crippen molar-refractivity contribution in [1.29, 1.82) is 0 Å². The number of fused-ring (bicyclic) bond motifs is 1. The summed E-state index contributed by atoms with van der Waals surface area (Å²) >= 11 is 1.34. The fourth-order valence-corrected chi connectivity index (χ4v) is 4.29. The van der Waals surface area contributed by atoms with Crippen LogP contribution in [-0.2, 0) is 14.4 Å². The number of carbonyl (C=O) groups is 3. The topological polar surface area (TPSA) is 86.7 Å². The fourth-order valence-electron chi connectivity index (χ4n) is 3.71. The molecule has 0 radical (unpaired) electrons. The molecule has 2 atom stereocenters. The second-order valence-corrected chi connectivity index (χ2v) is 7.27. The smallest absolute Gasteiger partial charge is 0.242 e. The number of aromatic nitrogens is 2. The number of hydrogen-bond donors (Lipinski definition) is 0. The van der Waals surface area contributed by atoms with Gasteiger partial charge >= 0.3 is 0 Å². The molecule has 2 fully saturated rings. The summed E-state index contributed by atoms with van der Waals surface area (Å²) < 4.78 is 3.99. The third-order valence-corrected chi connectivity index (χ3v) is 5.87. The SMILES string of the molecule is O=C(CN1C(=O)[C@H]2CC=CC[C@H]2C1=O)N1CCN(c2ncns2)CC1. The van der Waals surface area contributed by atoms with Gasteiger partial charge in [0.25, 0.3) is 0 Å². The van der Waals surface area contributed by atoms with E-state index in [0.717, 1.165) is 5.13 Å². The van der Waals surface area contributed by atoms with Crippen molar-refractivity contribution in [2.24, 2.45) is 11.8 Å². The molecule has 3 aliphatic rings. The lowest BCUT2D eigenvalue weighted by Gasteiger charge is -2.34. The molecule has 0 saturated carbocycles. The molecule has 0 unspecified atom stereocenters. The van der Waals surface area contributed by atoms with E-state index in [2.05, 4.69) is 14.3 Å². The molecule has 0 bridgehead atoms. The van der Waals surface area contributed by atoms with Crippen molar-refractivity contribution in [3.63, 3.8) is 0 Å². The maximum atomic E-state index is 12.6. The van der Waals surface area contributed by atoms with E-state index in [1.54, 1.807) is 4.90 Å². The predicted molar refractivity (Wildman–Crippen MR) is 90.8 cm³/mol. The van der Waals surface area contributed by atoms with Crippen LogP contribution in [0.15, 0.2) is 18.5 Å². The minimum Gasteiger partial charge on any atom is -0.343 e. The van der Waals surface area contributed by atoms with Gasteiger partial charge in [-0.1, -0.05) is 12.2 Å². The number of carbonyl (C=O) groups excluding carboxylic acids is 3. The van der Waals surface area contributed by atoms with Gasteiger partial charge in [-0.15, -0.1) is 0 Å². The van der Waals surface area contributed by atoms with Gasteiger partial charge in [0.15, 0.2) is 0 Å². The van der Waals surface area contributed by atoms with Gasteiger partial charge in [0.2, 0.25) is 22.9 Å². The van der Waals surface area contributed by atoms with E-state index in [0.29, 0.717) is 39.0 Å². The van der Waals surface area contributed by atoms with Gasteiger partial charge in [-0.25, -0.2) is 4.98 Å². The number of anilines is 1. The van der Waals surface area contributed by atoms with E-state index in [9.17, 15) is 14.4 Å². The van der Waals surface area contributed by atoms with Crippen LogP contribution in [-0.4, -0.2) is 69.6 Å². The minimum atomic E-state index is -0.278. The van der Waals surface area contributed by atoms with Gasteiger partial charge in [0, 0.05) is 37.7 Å². The first-order valence-electron chi connectivity index (χ1n) is 8.45. The van der Waals surface area contributed by atoms with E-state index < -0.39 is 0 Å². The predicted octanol–water partition coefficient (Wildman–Crippen LogP) is 0.138. The molecule has 1 aromatic rings. The Labute approximate surface area is 149 Å². The fraction of sp³-hybridized carbons (Fsp3) is 0.562. The first-order valence-corrected chi connectivity index (χ1v) is 9.22. The normalized spacial score (nSPS) is 26.3. The molecule has 0 spiro atoms. The van der Waals surface area contributed by atoms with E-state index in [1.165, 1.54) is 22.8 Å². The van der Waals surface area contributed by atoms with Crippen LogP contribution in [0, 0.1) is 11.8 Å². The summed E-state index contributed by atoms with van der Waals surface area (Å²) in [4.78, 5) is 46.6. The molecule has 3 amide bonds. The van der Waals surface area contributed by atoms with E-state index in [4.69, 9.17) is 0 Å². The average Bonchev–Trinajstić information content (AvgIpc) is 3.26. The molecule has 0 aromatic carbocycles. The van der Waals surface area contributed by atoms with Crippen molar-refractivity contribution >= 4 is 34.4 Å². The highest BCUT2D eigenvalue weighted by Crippen LogP contribution is 2.34. The van der Waals surface area contributed by atoms with E-state index in [-0.39, 0.29) is 36.1 Å². The van der Waals surface area contributed by atoms with E-state index >= 15 is 0 Å². The molecule has 4 rings (SSSR count). The second kappa shape index (κ2) is 6.55. The van der Waals surface area contributed by atoms with Crippen molar-refractivity contribution in [2.45, 2.75) is 12.8 Å². The van der Waals surface area contributed by atoms with Crippen LogP contribution in [0.25, 0.3) is 0 Å². The van der Waals surface area contributed by atoms with Gasteiger partial charge < -0.3 is 9.80 Å². The molecule has 9 heteroatoms. The third-order valence-electron chi connectivity index (χ3n) is 5.14. The zero-order valence-corrected chi connectivity index (χ0v) is 14.5. The maximum Gasteiger partial charge on any atom is 0.242 e. The molecule has 2 saturated heterocycles. The quantitative estimate of drug-likeness (QED) is 0.562. The van der Waals surface area contributed by atoms with Crippen molar-refractivity contribution in [2.75, 3.05) is 37.6 Å². The number of imide groups is 1. The summed E-state index contributed by atoms with van der Waals surface area (Å²) in [5, 5.41) is 0.855. The van der Waals surface area contributed by atoms with Crippen molar-refractivity contribution in [3.8, 4) is 0 Å². The zero-order chi connectivity index (χ0) is 17.4. The van der Waals surface area contributed by atoms with Crippen LogP contribution in [0.2, 0.25) is 0 Å². The van der Waals surface area contributed by atoms with Crippen molar-refractivity contribution in [1.82, 2.24) is 19.2 Å². The first kappa shape index (κ1) is 16.2. The number of rotatable bonds is 3. The molecular formula is C16H19N5O3S. The minimum absolute atomic E-state index is 0.135. The molecule has 1 aromatic heterocycles. The average molecular weight is 361 g/mol. The first-order chi connectivity index (χ1) is 12.1. The molecule has 132 valence electrons. The molecule has 25 heavy (non-hydrogen) atoms. The monoisotopic (exact) mass is 361 g/mol. The van der Waals surface area contributed by atoms with Crippen LogP contribution < -0.4 is 4.90 Å². The van der Waals surface area contributed by atoms with Crippen molar-refractivity contribution in [3.05, 3.63) is 18.5 Å². The lowest BCUT2D eigenvalue weighted by atomic mass is 9.85. The Morgan fingerprint density at radius 3 is 2.28 bits per heavy atom. The summed E-state index contributed by atoms with van der Waals surface area (Å²) in [6, 6.07) is 0. The van der Waals surface area contributed by atoms with Gasteiger partial charge in [0.05, 0.1) is 11.8 Å². The number of allylic oxidation sites excluding steroid dienone is 2. The van der Waals surface area contributed by atoms with Gasteiger partial charge in [-0.2, -0.15) is 4.37 Å². The molecule has 2 aliphatic heterocycles. The summed E-state index contributed by atoms with van der Waals surface area (Å²) in [5.74, 6) is -1.11. The Balaban J connectivity index is 1.35. The Morgan fingerprint density at radius 2 is 1.72 bits per heavy atom. The highest BCUT2D eigenvalue weighted by atomic mass is 32.1. The number of amides is 3. The molecular weight excluding hydrogens is 342 g/mol. The third kappa shape index (κ3) is 2.92. The Hall–Kier alpha value is -2.29. The lowest BCUT2D eigenvalue weighted by molar-refractivity contribution is -0.146. The van der Waals surface area contributed by atoms with Crippen LogP contribution in [0.4, 0.5) is 5.13 Å². The summed E-state index contributed by atoms with van der Waals surface area (Å²) in [7, 11) is 0. The standard InChI is InChI=1S/C16H19N5O3S/c22-13(19-5-7-20(8-6-19)16-17-10-18-25-16)9-21-14(23)11-3-1-2-4-12(11)15(21)24/h1-2,10-12H,3-9H2/t11-,12+. The molecule has 8 nitrogen and oxygen atoms in total. The highest BCUT2D eigenvalue weighted by molar-refractivity contribution is 7.09. The largest absolute Gasteiger partial charge is 0.343 e. The highest BCUT2D eigenvalue weighted by Gasteiger charge is 2.48. The van der Waals surface area contributed by atoms with Crippen LogP contribution in [0.3, 0.4) is 0 Å². The summed E-state index contributed by atoms with van der Waals surface area (Å²) in [6.07, 6.45) is 6.62. The Kier molecular flexibility index (Phi) is 4.24. The molecule has 3 heterocycles. The van der Waals surface area contributed by atoms with Crippen LogP contribution in [0.1, 0.15) is 12.8 Å². The second-order valence-electron chi connectivity index (χ2n) is 6.51. The van der Waals surface area contributed by atoms with Gasteiger partial charge in [-0.05, 0) is 12.8 Å². The molecule has 0 N–H and O–H groups in total. The number of nitrogens with zero attached hydrogens (tertiary/aromatic N) is 5. The Morgan fingerprint density at radius 1 is 1.08 bits per heavy atom. The number of hydrogen-bond acceptors (Lipinski definition) is 7. The Bertz CT molecular complexity index is 685. The number of likely N-dealkylation sites (tertiary alicyclic amines) is 1. The summed E-state index contributed by atoms with van der Waals surface area (Å²) in [6.45, 7) is 2.34. The van der Waals surface area contributed by atoms with Gasteiger partial charge in [0.1, 0.15) is 12.9 Å². The maximum absolute atomic E-state index is 12.6. The molecule has 1 aliphatic carbocycles. The lowest BCUT2D eigenvalue weighted by Crippen LogP contribution is -2.52. The van der Waals surface area contributed by atoms with Crippen LogP contribution in [0.5, 0.6) is 0 Å². The number of piperazine rings is 1.